The molecule has 43 heavy (non-hydrogen) atoms. The highest BCUT2D eigenvalue weighted by Crippen LogP contribution is 2.32. The number of pyridine rings is 3. The molecule has 224 valence electrons. The van der Waals surface area contributed by atoms with Gasteiger partial charge < -0.3 is 19.7 Å². The number of ether oxygens (including phenoxy) is 2. The number of nitrogens with one attached hydrogen (secondary N) is 1. The molecular formula is C31H32ClN5O5S. The summed E-state index contributed by atoms with van der Waals surface area (Å²) in [6.45, 7) is 7.49. The van der Waals surface area contributed by atoms with E-state index in [4.69, 9.17) is 31.0 Å². The molecule has 1 aromatic carbocycles. The smallest absolute Gasteiger partial charge is 0.251 e. The predicted octanol–water partition coefficient (Wildman–Crippen LogP) is 4.58. The highest BCUT2D eigenvalue weighted by molar-refractivity contribution is 7.92. The minimum atomic E-state index is -3.69. The van der Waals surface area contributed by atoms with E-state index in [0.29, 0.717) is 16.8 Å². The van der Waals surface area contributed by atoms with Crippen molar-refractivity contribution in [1.29, 1.82) is 0 Å². The topological polar surface area (TPSA) is 124 Å². The largest absolute Gasteiger partial charge is 0.375 e. The number of sulfone groups is 1. The maximum absolute atomic E-state index is 13.1. The molecule has 0 aliphatic carbocycles. The second-order valence-electron chi connectivity index (χ2n) is 11.1. The van der Waals surface area contributed by atoms with Gasteiger partial charge in [0, 0.05) is 40.8 Å². The molecule has 2 aliphatic rings. The molecule has 2 aliphatic heterocycles. The molecule has 5 heterocycles. The fourth-order valence-corrected chi connectivity index (χ4v) is 7.29. The molecule has 0 saturated carbocycles. The van der Waals surface area contributed by atoms with Crippen LogP contribution >= 0.6 is 11.6 Å². The Hall–Kier alpha value is -3.64. The van der Waals surface area contributed by atoms with Crippen LogP contribution in [0.25, 0.3) is 22.3 Å². The van der Waals surface area contributed by atoms with Crippen LogP contribution in [0.4, 0.5) is 5.82 Å². The van der Waals surface area contributed by atoms with E-state index in [1.165, 1.54) is 12.1 Å². The van der Waals surface area contributed by atoms with E-state index >= 15 is 0 Å². The van der Waals surface area contributed by atoms with Gasteiger partial charge >= 0.3 is 0 Å². The Morgan fingerprint density at radius 2 is 1.81 bits per heavy atom. The molecule has 3 aromatic heterocycles. The minimum absolute atomic E-state index is 0.0334. The number of morpholine rings is 1. The van der Waals surface area contributed by atoms with Crippen molar-refractivity contribution in [2.75, 3.05) is 24.6 Å². The Balaban J connectivity index is 1.21. The number of halogens is 1. The second-order valence-corrected chi connectivity index (χ2v) is 13.8. The first kappa shape index (κ1) is 29.4. The molecule has 1 saturated heterocycles. The Labute approximate surface area is 255 Å². The summed E-state index contributed by atoms with van der Waals surface area (Å²) in [7, 11) is -3.69. The molecule has 3 atom stereocenters. The van der Waals surface area contributed by atoms with Crippen LogP contribution in [0, 0.1) is 0 Å². The molecule has 1 N–H and O–H groups in total. The summed E-state index contributed by atoms with van der Waals surface area (Å²) in [5.74, 6) is 0.418. The van der Waals surface area contributed by atoms with Crippen molar-refractivity contribution in [3.8, 4) is 11.4 Å². The van der Waals surface area contributed by atoms with Gasteiger partial charge in [0.05, 0.1) is 64.7 Å². The van der Waals surface area contributed by atoms with Crippen LogP contribution in [0.5, 0.6) is 0 Å². The van der Waals surface area contributed by atoms with Crippen LogP contribution in [0.15, 0.2) is 59.6 Å². The first-order valence-electron chi connectivity index (χ1n) is 14.1. The summed E-state index contributed by atoms with van der Waals surface area (Å²) >= 11 is 6.39. The predicted molar refractivity (Wildman–Crippen MR) is 164 cm³/mol. The van der Waals surface area contributed by atoms with E-state index in [-0.39, 0.29) is 47.4 Å². The van der Waals surface area contributed by atoms with Gasteiger partial charge in [-0.05, 0) is 63.2 Å². The number of anilines is 1. The average Bonchev–Trinajstić information content (AvgIpc) is 3.10. The first-order chi connectivity index (χ1) is 20.6. The summed E-state index contributed by atoms with van der Waals surface area (Å²) in [4.78, 5) is 29.6. The summed E-state index contributed by atoms with van der Waals surface area (Å²) in [6, 6.07) is 14.4. The quantitative estimate of drug-likeness (QED) is 0.341. The highest BCUT2D eigenvalue weighted by Gasteiger charge is 2.31. The van der Waals surface area contributed by atoms with Crippen LogP contribution in [-0.2, 0) is 32.5 Å². The lowest BCUT2D eigenvalue weighted by atomic mass is 10.1. The molecule has 0 unspecified atom stereocenters. The van der Waals surface area contributed by atoms with E-state index in [2.05, 4.69) is 29.0 Å². The highest BCUT2D eigenvalue weighted by atomic mass is 35.5. The SMILES string of the molecule is C[C@@H]1CN(c2cccc(-c3ccc4cnc(CNC(=O)c5cc(Cl)c6c(c5)S(=O)(=O)[C@H](C)COC6)cc4n3)n2)C[C@H](C)O1. The lowest BCUT2D eigenvalue weighted by Crippen LogP contribution is -2.45. The zero-order valence-corrected chi connectivity index (χ0v) is 25.7. The van der Waals surface area contributed by atoms with E-state index in [1.54, 1.807) is 13.1 Å². The number of fused-ring (bicyclic) bond motifs is 2. The molecule has 10 nitrogen and oxygen atoms in total. The number of carbonyl (C=O) groups is 1. The number of hydrogen-bond acceptors (Lipinski definition) is 9. The minimum Gasteiger partial charge on any atom is -0.375 e. The van der Waals surface area contributed by atoms with Gasteiger partial charge in [-0.2, -0.15) is 0 Å². The average molecular weight is 622 g/mol. The molecule has 0 bridgehead atoms. The van der Waals surface area contributed by atoms with Crippen molar-refractivity contribution < 1.29 is 22.7 Å². The van der Waals surface area contributed by atoms with Crippen LogP contribution in [0.2, 0.25) is 5.02 Å². The Morgan fingerprint density at radius 1 is 1.05 bits per heavy atom. The van der Waals surface area contributed by atoms with Crippen LogP contribution in [0.3, 0.4) is 0 Å². The van der Waals surface area contributed by atoms with Crippen LogP contribution < -0.4 is 10.2 Å². The number of carbonyl (C=O) groups excluding carboxylic acids is 1. The van der Waals surface area contributed by atoms with Crippen molar-refractivity contribution in [2.24, 2.45) is 0 Å². The summed E-state index contributed by atoms with van der Waals surface area (Å²) < 4.78 is 37.4. The van der Waals surface area contributed by atoms with Crippen LogP contribution in [-0.4, -0.2) is 66.4 Å². The summed E-state index contributed by atoms with van der Waals surface area (Å²) in [6.07, 6.45) is 1.96. The second kappa shape index (κ2) is 11.8. The fraction of sp³-hybridized carbons (Fsp3) is 0.355. The number of amides is 1. The van der Waals surface area contributed by atoms with Gasteiger partial charge in [-0.1, -0.05) is 17.7 Å². The van der Waals surface area contributed by atoms with E-state index in [1.807, 2.05) is 36.4 Å². The normalized spacial score (nSPS) is 21.7. The molecule has 0 radical (unpaired) electrons. The third-order valence-electron chi connectivity index (χ3n) is 7.65. The van der Waals surface area contributed by atoms with E-state index in [9.17, 15) is 13.2 Å². The van der Waals surface area contributed by atoms with Crippen molar-refractivity contribution in [3.05, 3.63) is 76.6 Å². The third kappa shape index (κ3) is 6.08. The number of rotatable bonds is 5. The molecular weight excluding hydrogens is 590 g/mol. The van der Waals surface area contributed by atoms with Crippen molar-refractivity contribution in [1.82, 2.24) is 20.3 Å². The fourth-order valence-electron chi connectivity index (χ4n) is 5.45. The third-order valence-corrected chi connectivity index (χ3v) is 10.2. The van der Waals surface area contributed by atoms with Crippen LogP contribution in [0.1, 0.15) is 42.4 Å². The molecule has 12 heteroatoms. The van der Waals surface area contributed by atoms with E-state index in [0.717, 1.165) is 35.7 Å². The zero-order valence-electron chi connectivity index (χ0n) is 24.1. The number of aromatic nitrogens is 3. The van der Waals surface area contributed by atoms with Gasteiger partial charge in [-0.3, -0.25) is 9.78 Å². The maximum atomic E-state index is 13.1. The number of benzene rings is 1. The number of hydrogen-bond donors (Lipinski definition) is 1. The van der Waals surface area contributed by atoms with Gasteiger partial charge in [0.1, 0.15) is 5.82 Å². The maximum Gasteiger partial charge on any atom is 0.251 e. The zero-order chi connectivity index (χ0) is 30.3. The van der Waals surface area contributed by atoms with Crippen molar-refractivity contribution in [2.45, 2.75) is 56.3 Å². The molecule has 1 fully saturated rings. The van der Waals surface area contributed by atoms with Gasteiger partial charge in [0.25, 0.3) is 5.91 Å². The molecule has 4 aromatic rings. The number of nitrogens with zero attached hydrogens (tertiary/aromatic N) is 4. The monoisotopic (exact) mass is 621 g/mol. The lowest BCUT2D eigenvalue weighted by Gasteiger charge is -2.36. The Bertz CT molecular complexity index is 1810. The Morgan fingerprint density at radius 3 is 2.60 bits per heavy atom. The standard InChI is InChI=1S/C31H32ClN5O5S/c1-18-14-37(15-19(2)42-18)30-6-4-5-26(36-30)27-8-7-21-12-33-23(11-28(21)35-27)13-34-31(38)22-9-25(32)24-17-41-16-20(3)43(39,40)29(24)10-22/h4-12,18-20H,13-17H2,1-3H3,(H,34,38)/t18-,19+,20-/m1/s1. The summed E-state index contributed by atoms with van der Waals surface area (Å²) in [5.41, 5.74) is 3.31. The Kier molecular flexibility index (Phi) is 8.08. The van der Waals surface area contributed by atoms with Gasteiger partial charge in [-0.15, -0.1) is 0 Å². The van der Waals surface area contributed by atoms with E-state index < -0.39 is 21.0 Å². The molecule has 0 spiro atoms. The van der Waals surface area contributed by atoms with Crippen molar-refractivity contribution >= 4 is 44.1 Å². The molecule has 6 rings (SSSR count). The summed E-state index contributed by atoms with van der Waals surface area (Å²) in [5, 5.41) is 3.11. The van der Waals surface area contributed by atoms with Crippen molar-refractivity contribution in [3.63, 3.8) is 0 Å². The lowest BCUT2D eigenvalue weighted by molar-refractivity contribution is -0.00545. The van der Waals surface area contributed by atoms with Gasteiger partial charge in [0.15, 0.2) is 9.84 Å². The first-order valence-corrected chi connectivity index (χ1v) is 16.1. The van der Waals surface area contributed by atoms with Gasteiger partial charge in [-0.25, -0.2) is 18.4 Å². The molecule has 1 amide bonds. The van der Waals surface area contributed by atoms with Gasteiger partial charge in [0.2, 0.25) is 0 Å².